The molecule has 0 unspecified atom stereocenters. The predicted molar refractivity (Wildman–Crippen MR) is 115 cm³/mol. The summed E-state index contributed by atoms with van der Waals surface area (Å²) < 4.78 is 42.0. The van der Waals surface area contributed by atoms with Crippen LogP contribution in [-0.4, -0.2) is 40.3 Å². The minimum atomic E-state index is -3.85. The highest BCUT2D eigenvalue weighted by atomic mass is 32.2. The van der Waals surface area contributed by atoms with E-state index >= 15 is 0 Å². The zero-order valence-corrected chi connectivity index (χ0v) is 17.9. The number of aliphatic hydroxyl groups excluding tert-OH is 1. The van der Waals surface area contributed by atoms with E-state index in [1.165, 1.54) is 45.0 Å². The lowest BCUT2D eigenvalue weighted by Gasteiger charge is -2.16. The maximum absolute atomic E-state index is 13.3. The van der Waals surface area contributed by atoms with Crippen molar-refractivity contribution in [1.82, 2.24) is 0 Å². The third-order valence-electron chi connectivity index (χ3n) is 4.67. The summed E-state index contributed by atoms with van der Waals surface area (Å²) >= 11 is 0. The number of methoxy groups -OCH3 is 2. The molecule has 1 aromatic heterocycles. The molecule has 0 amide bonds. The van der Waals surface area contributed by atoms with Crippen molar-refractivity contribution in [3.63, 3.8) is 0 Å². The van der Waals surface area contributed by atoms with Crippen molar-refractivity contribution in [2.75, 3.05) is 20.8 Å². The van der Waals surface area contributed by atoms with E-state index in [4.69, 9.17) is 19.0 Å². The smallest absolute Gasteiger partial charge is 0.341 e. The molecular weight excluding hydrogens is 420 g/mol. The Hall–Kier alpha value is -3.36. The second-order valence-electron chi connectivity index (χ2n) is 6.57. The van der Waals surface area contributed by atoms with Gasteiger partial charge in [-0.2, -0.15) is 0 Å². The van der Waals surface area contributed by atoms with Gasteiger partial charge in [-0.1, -0.05) is 42.5 Å². The Morgan fingerprint density at radius 3 is 2.55 bits per heavy atom. The van der Waals surface area contributed by atoms with Crippen LogP contribution in [0.3, 0.4) is 0 Å². The maximum atomic E-state index is 13.3. The van der Waals surface area contributed by atoms with Crippen molar-refractivity contribution in [2.45, 2.75) is 10.6 Å². The van der Waals surface area contributed by atoms with Crippen LogP contribution < -0.4 is 4.74 Å². The van der Waals surface area contributed by atoms with Crippen LogP contribution in [0.2, 0.25) is 0 Å². The molecule has 3 rings (SSSR count). The molecule has 3 aromatic rings. The molecule has 0 saturated heterocycles. The van der Waals surface area contributed by atoms with Crippen LogP contribution >= 0.6 is 0 Å². The summed E-state index contributed by atoms with van der Waals surface area (Å²) in [6.45, 7) is -0.215. The minimum absolute atomic E-state index is 0.0376. The van der Waals surface area contributed by atoms with Gasteiger partial charge in [0.15, 0.2) is 9.84 Å². The molecule has 8 heteroatoms. The third-order valence-corrected chi connectivity index (χ3v) is 6.41. The number of furan rings is 1. The van der Waals surface area contributed by atoms with Gasteiger partial charge >= 0.3 is 5.97 Å². The average molecular weight is 442 g/mol. The summed E-state index contributed by atoms with van der Waals surface area (Å²) in [4.78, 5) is 12.7. The number of hydrogen-bond acceptors (Lipinski definition) is 7. The van der Waals surface area contributed by atoms with Crippen molar-refractivity contribution in [3.8, 4) is 16.9 Å². The van der Waals surface area contributed by atoms with Gasteiger partial charge < -0.3 is 19.0 Å². The lowest BCUT2D eigenvalue weighted by Crippen LogP contribution is -2.14. The van der Waals surface area contributed by atoms with E-state index in [2.05, 4.69) is 0 Å². The quantitative estimate of drug-likeness (QED) is 0.530. The molecule has 0 aliphatic carbocycles. The summed E-state index contributed by atoms with van der Waals surface area (Å²) in [5.74, 6) is -0.945. The lowest BCUT2D eigenvalue weighted by atomic mass is 9.99. The number of carbonyl (C=O) groups is 1. The fraction of sp³-hybridized carbons (Fsp3) is 0.174. The number of aliphatic hydroxyl groups is 1. The number of ether oxygens (including phenoxy) is 2. The highest BCUT2D eigenvalue weighted by Crippen LogP contribution is 2.37. The van der Waals surface area contributed by atoms with Crippen LogP contribution in [0, 0.1) is 0 Å². The standard InChI is InChI=1S/C23H22O7S/c1-28-22-19(17-11-13-30-14-17)10-9-18(21(22)23(25)29-2)15-31(26,27)20-8-4-3-6-16(20)7-5-12-24/h3-11,13-14,24H,12,15H2,1-2H3/b7-5-. The van der Waals surface area contributed by atoms with E-state index in [0.29, 0.717) is 16.7 Å². The Bertz CT molecular complexity index is 1190. The monoisotopic (exact) mass is 442 g/mol. The molecule has 2 aromatic carbocycles. The van der Waals surface area contributed by atoms with Gasteiger partial charge in [0.05, 0.1) is 44.0 Å². The minimum Gasteiger partial charge on any atom is -0.495 e. The summed E-state index contributed by atoms with van der Waals surface area (Å²) in [6.07, 6.45) is 5.98. The van der Waals surface area contributed by atoms with E-state index in [1.807, 2.05) is 0 Å². The Labute approximate surface area is 180 Å². The normalized spacial score (nSPS) is 11.6. The predicted octanol–water partition coefficient (Wildman–Crippen LogP) is 3.72. The highest BCUT2D eigenvalue weighted by molar-refractivity contribution is 7.90. The van der Waals surface area contributed by atoms with Crippen LogP contribution in [0.1, 0.15) is 21.5 Å². The number of rotatable bonds is 8. The SMILES string of the molecule is COC(=O)c1c(CS(=O)(=O)c2ccccc2/C=C\CO)ccc(-c2ccoc2)c1OC. The third kappa shape index (κ3) is 4.70. The fourth-order valence-corrected chi connectivity index (χ4v) is 4.88. The van der Waals surface area contributed by atoms with Crippen molar-refractivity contribution >= 4 is 21.9 Å². The van der Waals surface area contributed by atoms with Crippen LogP contribution in [0.4, 0.5) is 0 Å². The van der Waals surface area contributed by atoms with Gasteiger partial charge in [0.25, 0.3) is 0 Å². The number of esters is 1. The van der Waals surface area contributed by atoms with Crippen LogP contribution in [0.25, 0.3) is 17.2 Å². The first-order valence-corrected chi connectivity index (χ1v) is 11.0. The summed E-state index contributed by atoms with van der Waals surface area (Å²) in [6, 6.07) is 11.4. The molecule has 1 heterocycles. The molecule has 0 fully saturated rings. The van der Waals surface area contributed by atoms with Gasteiger partial charge in [0.2, 0.25) is 0 Å². The summed E-state index contributed by atoms with van der Waals surface area (Å²) in [5.41, 5.74) is 1.98. The lowest BCUT2D eigenvalue weighted by molar-refractivity contribution is 0.0596. The molecule has 0 spiro atoms. The highest BCUT2D eigenvalue weighted by Gasteiger charge is 2.27. The van der Waals surface area contributed by atoms with Gasteiger partial charge in [-0.15, -0.1) is 0 Å². The van der Waals surface area contributed by atoms with Gasteiger partial charge in [-0.05, 0) is 23.3 Å². The molecule has 0 saturated carbocycles. The molecular formula is C23H22O7S. The number of hydrogen-bond donors (Lipinski definition) is 1. The van der Waals surface area contributed by atoms with Crippen LogP contribution in [0.15, 0.2) is 70.4 Å². The van der Waals surface area contributed by atoms with Crippen molar-refractivity contribution < 1.29 is 32.2 Å². The van der Waals surface area contributed by atoms with Gasteiger partial charge in [0.1, 0.15) is 11.3 Å². The Balaban J connectivity index is 2.13. The number of carbonyl (C=O) groups excluding carboxylic acids is 1. The summed E-state index contributed by atoms with van der Waals surface area (Å²) in [7, 11) is -1.22. The first-order chi connectivity index (χ1) is 14.9. The number of sulfone groups is 1. The average Bonchev–Trinajstić information content (AvgIpc) is 3.31. The van der Waals surface area contributed by atoms with E-state index in [1.54, 1.807) is 36.4 Å². The van der Waals surface area contributed by atoms with E-state index < -0.39 is 21.6 Å². The molecule has 7 nitrogen and oxygen atoms in total. The number of benzene rings is 2. The molecule has 0 aliphatic rings. The zero-order chi connectivity index (χ0) is 22.4. The first kappa shape index (κ1) is 22.3. The van der Waals surface area contributed by atoms with Crippen LogP contribution in [-0.2, 0) is 20.3 Å². The van der Waals surface area contributed by atoms with Crippen molar-refractivity contribution in [3.05, 3.63) is 77.8 Å². The molecule has 0 atom stereocenters. The van der Waals surface area contributed by atoms with Crippen LogP contribution in [0.5, 0.6) is 5.75 Å². The van der Waals surface area contributed by atoms with Gasteiger partial charge in [0, 0.05) is 11.1 Å². The van der Waals surface area contributed by atoms with E-state index in [-0.39, 0.29) is 28.4 Å². The molecule has 1 N–H and O–H groups in total. The Morgan fingerprint density at radius 1 is 1.13 bits per heavy atom. The largest absolute Gasteiger partial charge is 0.495 e. The maximum Gasteiger partial charge on any atom is 0.341 e. The van der Waals surface area contributed by atoms with E-state index in [0.717, 1.165) is 0 Å². The fourth-order valence-electron chi connectivity index (χ4n) is 3.29. The Morgan fingerprint density at radius 2 is 1.90 bits per heavy atom. The molecule has 31 heavy (non-hydrogen) atoms. The molecule has 0 bridgehead atoms. The topological polar surface area (TPSA) is 103 Å². The van der Waals surface area contributed by atoms with E-state index in [9.17, 15) is 13.2 Å². The van der Waals surface area contributed by atoms with Crippen molar-refractivity contribution in [1.29, 1.82) is 0 Å². The second-order valence-corrected chi connectivity index (χ2v) is 8.52. The van der Waals surface area contributed by atoms with Crippen molar-refractivity contribution in [2.24, 2.45) is 0 Å². The van der Waals surface area contributed by atoms with Gasteiger partial charge in [-0.3, -0.25) is 0 Å². The molecule has 0 radical (unpaired) electrons. The first-order valence-electron chi connectivity index (χ1n) is 9.33. The second kappa shape index (κ2) is 9.63. The molecule has 0 aliphatic heterocycles. The Kier molecular flexibility index (Phi) is 6.94. The molecule has 162 valence electrons. The summed E-state index contributed by atoms with van der Waals surface area (Å²) in [5, 5.41) is 9.03. The zero-order valence-electron chi connectivity index (χ0n) is 17.1. The van der Waals surface area contributed by atoms with Gasteiger partial charge in [-0.25, -0.2) is 13.2 Å².